The van der Waals surface area contributed by atoms with Gasteiger partial charge in [0.2, 0.25) is 0 Å². The number of likely N-dealkylation sites (N-methyl/N-ethyl adjacent to an activating group) is 1. The molecule has 10 heteroatoms. The molecule has 1 aromatic carbocycles. The summed E-state index contributed by atoms with van der Waals surface area (Å²) in [6, 6.07) is 7.24. The molecule has 2 atom stereocenters. The monoisotopic (exact) mass is 560 g/mol. The van der Waals surface area contributed by atoms with Crippen LogP contribution >= 0.6 is 0 Å². The van der Waals surface area contributed by atoms with Crippen molar-refractivity contribution in [2.75, 3.05) is 69.4 Å². The van der Waals surface area contributed by atoms with Gasteiger partial charge in [0.25, 0.3) is 0 Å². The molecule has 0 radical (unpaired) electrons. The van der Waals surface area contributed by atoms with Gasteiger partial charge in [0.05, 0.1) is 24.6 Å². The molecule has 3 fully saturated rings. The molecule has 6 rings (SSSR count). The molecule has 2 aromatic heterocycles. The van der Waals surface area contributed by atoms with Crippen molar-refractivity contribution in [3.05, 3.63) is 30.1 Å². The molecule has 0 spiro atoms. The Morgan fingerprint density at radius 1 is 1.02 bits per heavy atom. The average Bonchev–Trinajstić information content (AvgIpc) is 3.41. The Kier molecular flexibility index (Phi) is 8.14. The SMILES string of the molecule is CCc1nc2c(N)ncc(-c3ccc(N4CCC(N5CCN(C)CC5)CC4)c(OC)c3)c2nc1NC1CC[C@H](O)C1. The maximum atomic E-state index is 10.0. The van der Waals surface area contributed by atoms with Crippen molar-refractivity contribution in [2.45, 2.75) is 63.6 Å². The maximum Gasteiger partial charge on any atom is 0.151 e. The molecular formula is C31H44N8O2. The van der Waals surface area contributed by atoms with Crippen molar-refractivity contribution in [3.63, 3.8) is 0 Å². The second kappa shape index (κ2) is 12.0. The second-order valence-corrected chi connectivity index (χ2v) is 11.9. The maximum absolute atomic E-state index is 10.0. The Balaban J connectivity index is 1.26. The summed E-state index contributed by atoms with van der Waals surface area (Å²) < 4.78 is 5.94. The fourth-order valence-corrected chi connectivity index (χ4v) is 6.71. The van der Waals surface area contributed by atoms with E-state index in [1.165, 1.54) is 25.9 Å². The van der Waals surface area contributed by atoms with Crippen LogP contribution in [0.4, 0.5) is 17.3 Å². The topological polar surface area (TPSA) is 116 Å². The van der Waals surface area contributed by atoms with E-state index < -0.39 is 0 Å². The second-order valence-electron chi connectivity index (χ2n) is 11.9. The number of aliphatic hydroxyl groups is 1. The number of benzene rings is 1. The number of hydrogen-bond acceptors (Lipinski definition) is 10. The molecule has 3 aliphatic rings. The first-order valence-corrected chi connectivity index (χ1v) is 15.2. The number of nitrogen functional groups attached to an aromatic ring is 1. The number of rotatable bonds is 7. The number of piperidine rings is 1. The molecule has 4 heterocycles. The minimum atomic E-state index is -0.259. The highest BCUT2D eigenvalue weighted by molar-refractivity contribution is 5.97. The number of hydrogen-bond donors (Lipinski definition) is 3. The van der Waals surface area contributed by atoms with Crippen LogP contribution in [0.15, 0.2) is 24.4 Å². The number of methoxy groups -OCH3 is 1. The molecule has 1 unspecified atom stereocenters. The van der Waals surface area contributed by atoms with E-state index in [-0.39, 0.29) is 12.1 Å². The van der Waals surface area contributed by atoms with Gasteiger partial charge in [-0.1, -0.05) is 13.0 Å². The minimum Gasteiger partial charge on any atom is -0.495 e. The van der Waals surface area contributed by atoms with Crippen LogP contribution in [0, 0.1) is 0 Å². The van der Waals surface area contributed by atoms with E-state index in [1.807, 2.05) is 0 Å². The first-order chi connectivity index (χ1) is 19.9. The Morgan fingerprint density at radius 3 is 2.49 bits per heavy atom. The van der Waals surface area contributed by atoms with E-state index in [2.05, 4.69) is 57.2 Å². The van der Waals surface area contributed by atoms with Crippen molar-refractivity contribution < 1.29 is 9.84 Å². The molecular weight excluding hydrogens is 516 g/mol. The van der Waals surface area contributed by atoms with Gasteiger partial charge in [0.15, 0.2) is 5.82 Å². The molecule has 41 heavy (non-hydrogen) atoms. The van der Waals surface area contributed by atoms with Crippen LogP contribution in [-0.2, 0) is 6.42 Å². The summed E-state index contributed by atoms with van der Waals surface area (Å²) in [7, 11) is 3.96. The molecule has 4 N–H and O–H groups in total. The van der Waals surface area contributed by atoms with Crippen molar-refractivity contribution in [1.82, 2.24) is 24.8 Å². The number of ether oxygens (including phenoxy) is 1. The highest BCUT2D eigenvalue weighted by atomic mass is 16.5. The van der Waals surface area contributed by atoms with Gasteiger partial charge in [-0.25, -0.2) is 15.0 Å². The van der Waals surface area contributed by atoms with Gasteiger partial charge in [-0.15, -0.1) is 0 Å². The van der Waals surface area contributed by atoms with Crippen molar-refractivity contribution in [1.29, 1.82) is 0 Å². The highest BCUT2D eigenvalue weighted by Gasteiger charge is 2.28. The fourth-order valence-electron chi connectivity index (χ4n) is 6.71. The van der Waals surface area contributed by atoms with Crippen molar-refractivity contribution in [2.24, 2.45) is 0 Å². The fraction of sp³-hybridized carbons (Fsp3) is 0.581. The molecule has 220 valence electrons. The lowest BCUT2D eigenvalue weighted by molar-refractivity contribution is 0.0981. The number of nitrogens with one attached hydrogen (secondary N) is 1. The average molecular weight is 561 g/mol. The first kappa shape index (κ1) is 27.9. The summed E-state index contributed by atoms with van der Waals surface area (Å²) >= 11 is 0. The molecule has 10 nitrogen and oxygen atoms in total. The number of aliphatic hydroxyl groups excluding tert-OH is 1. The zero-order valence-corrected chi connectivity index (χ0v) is 24.6. The lowest BCUT2D eigenvalue weighted by Crippen LogP contribution is -2.52. The molecule has 2 aliphatic heterocycles. The minimum absolute atomic E-state index is 0.185. The summed E-state index contributed by atoms with van der Waals surface area (Å²) in [5.41, 5.74) is 11.5. The van der Waals surface area contributed by atoms with Crippen LogP contribution < -0.4 is 20.7 Å². The Bertz CT molecular complexity index is 1370. The Morgan fingerprint density at radius 2 is 1.80 bits per heavy atom. The predicted octanol–water partition coefficient (Wildman–Crippen LogP) is 3.39. The number of fused-ring (bicyclic) bond motifs is 1. The van der Waals surface area contributed by atoms with Gasteiger partial charge in [-0.2, -0.15) is 0 Å². The third-order valence-corrected chi connectivity index (χ3v) is 9.23. The third kappa shape index (κ3) is 5.78. The summed E-state index contributed by atoms with van der Waals surface area (Å²) in [4.78, 5) is 22.0. The van der Waals surface area contributed by atoms with E-state index in [4.69, 9.17) is 20.4 Å². The van der Waals surface area contributed by atoms with E-state index in [0.29, 0.717) is 17.4 Å². The Labute approximate surface area is 242 Å². The summed E-state index contributed by atoms with van der Waals surface area (Å²) in [6.07, 6.45) is 7.04. The zero-order chi connectivity index (χ0) is 28.5. The molecule has 1 aliphatic carbocycles. The highest BCUT2D eigenvalue weighted by Crippen LogP contribution is 2.38. The number of nitrogens with two attached hydrogens (primary N) is 1. The van der Waals surface area contributed by atoms with Crippen molar-refractivity contribution in [3.8, 4) is 16.9 Å². The number of piperazine rings is 1. The van der Waals surface area contributed by atoms with Crippen LogP contribution in [0.1, 0.15) is 44.7 Å². The molecule has 2 saturated heterocycles. The molecule has 1 saturated carbocycles. The summed E-state index contributed by atoms with van der Waals surface area (Å²) in [6.45, 7) is 8.78. The summed E-state index contributed by atoms with van der Waals surface area (Å²) in [5, 5.41) is 13.6. The van der Waals surface area contributed by atoms with Crippen LogP contribution in [0.2, 0.25) is 0 Å². The lowest BCUT2D eigenvalue weighted by atomic mass is 10.00. The normalized spacial score (nSPS) is 22.9. The standard InChI is InChI=1S/C31H44N8O2/c1-4-25-31(34-21-6-7-23(40)18-21)36-28-24(19-33-30(32)29(28)35-25)20-5-8-26(27(17-20)41-3)39-11-9-22(10-12-39)38-15-13-37(2)14-16-38/h5,8,17,19,21-23,40H,4,6-7,9-16,18H2,1-3H3,(H2,32,33)(H,34,36)/t21?,23-/m0/s1. The van der Waals surface area contributed by atoms with Gasteiger partial charge in [-0.3, -0.25) is 4.90 Å². The van der Waals surface area contributed by atoms with Gasteiger partial charge in [-0.05, 0) is 63.3 Å². The smallest absolute Gasteiger partial charge is 0.151 e. The number of pyridine rings is 1. The predicted molar refractivity (Wildman–Crippen MR) is 165 cm³/mol. The van der Waals surface area contributed by atoms with Gasteiger partial charge in [0, 0.05) is 63.1 Å². The summed E-state index contributed by atoms with van der Waals surface area (Å²) in [5.74, 6) is 1.99. The van der Waals surface area contributed by atoms with Crippen LogP contribution in [0.25, 0.3) is 22.2 Å². The number of anilines is 3. The van der Waals surface area contributed by atoms with Crippen LogP contribution in [0.3, 0.4) is 0 Å². The largest absolute Gasteiger partial charge is 0.495 e. The Hall–Kier alpha value is -3.21. The van der Waals surface area contributed by atoms with Crippen molar-refractivity contribution >= 4 is 28.4 Å². The van der Waals surface area contributed by atoms with E-state index in [9.17, 15) is 5.11 Å². The van der Waals surface area contributed by atoms with Gasteiger partial charge < -0.3 is 30.7 Å². The number of aryl methyl sites for hydroxylation is 1. The van der Waals surface area contributed by atoms with E-state index >= 15 is 0 Å². The van der Waals surface area contributed by atoms with Crippen LogP contribution in [-0.4, -0.2) is 101 Å². The molecule has 0 bridgehead atoms. The number of aromatic nitrogens is 3. The van der Waals surface area contributed by atoms with Gasteiger partial charge >= 0.3 is 0 Å². The van der Waals surface area contributed by atoms with Crippen LogP contribution in [0.5, 0.6) is 5.75 Å². The molecule has 3 aromatic rings. The number of nitrogens with zero attached hydrogens (tertiary/aromatic N) is 6. The third-order valence-electron chi connectivity index (χ3n) is 9.23. The van der Waals surface area contributed by atoms with Gasteiger partial charge in [0.1, 0.15) is 22.6 Å². The first-order valence-electron chi connectivity index (χ1n) is 15.2. The van der Waals surface area contributed by atoms with E-state index in [1.54, 1.807) is 13.3 Å². The zero-order valence-electron chi connectivity index (χ0n) is 24.6. The molecule has 0 amide bonds. The van der Waals surface area contributed by atoms with E-state index in [0.717, 1.165) is 91.5 Å². The quantitative estimate of drug-likeness (QED) is 0.397. The lowest BCUT2D eigenvalue weighted by Gasteiger charge is -2.42.